The fourth-order valence-corrected chi connectivity index (χ4v) is 2.36. The maximum Gasteiger partial charge on any atom is 0.0971 e. The van der Waals surface area contributed by atoms with E-state index in [1.54, 1.807) is 14.2 Å². The number of pyridine rings is 1. The predicted octanol–water partition coefficient (Wildman–Crippen LogP) is 0.386. The smallest absolute Gasteiger partial charge is 0.0971 e. The summed E-state index contributed by atoms with van der Waals surface area (Å²) in [6, 6.07) is 5.98. The van der Waals surface area contributed by atoms with E-state index in [9.17, 15) is 0 Å². The Morgan fingerprint density at radius 3 is 2.39 bits per heavy atom. The Morgan fingerprint density at radius 2 is 1.83 bits per heavy atom. The fraction of sp³-hybridized carbons (Fsp3) is 0.615. The lowest BCUT2D eigenvalue weighted by Gasteiger charge is -2.14. The monoisotopic (exact) mass is 251 g/mol. The van der Waals surface area contributed by atoms with Crippen LogP contribution in [0.25, 0.3) is 0 Å². The molecule has 1 fully saturated rings. The summed E-state index contributed by atoms with van der Waals surface area (Å²) in [5, 5.41) is 0. The molecule has 0 bridgehead atoms. The van der Waals surface area contributed by atoms with Crippen molar-refractivity contribution in [2.24, 2.45) is 5.73 Å². The quantitative estimate of drug-likeness (QED) is 0.820. The van der Waals surface area contributed by atoms with Crippen molar-refractivity contribution < 1.29 is 9.47 Å². The second-order valence-electron chi connectivity index (χ2n) is 4.57. The summed E-state index contributed by atoms with van der Waals surface area (Å²) in [7, 11) is 3.46. The van der Waals surface area contributed by atoms with Crippen molar-refractivity contribution in [1.82, 2.24) is 9.88 Å². The highest BCUT2D eigenvalue weighted by molar-refractivity contribution is 5.11. The zero-order valence-electron chi connectivity index (χ0n) is 11.0. The molecule has 0 amide bonds. The summed E-state index contributed by atoms with van der Waals surface area (Å²) in [5.41, 5.74) is 7.57. The Morgan fingerprint density at radius 1 is 1.22 bits per heavy atom. The second kappa shape index (κ2) is 6.24. The summed E-state index contributed by atoms with van der Waals surface area (Å²) in [6.07, 6.45) is 0.292. The van der Waals surface area contributed by atoms with Gasteiger partial charge in [-0.25, -0.2) is 0 Å². The topological polar surface area (TPSA) is 60.6 Å². The number of methoxy groups -OCH3 is 2. The first-order valence-electron chi connectivity index (χ1n) is 6.19. The van der Waals surface area contributed by atoms with Crippen LogP contribution in [0.3, 0.4) is 0 Å². The molecule has 0 radical (unpaired) electrons. The van der Waals surface area contributed by atoms with Gasteiger partial charge in [0.05, 0.1) is 23.6 Å². The number of likely N-dealkylation sites (tertiary alicyclic amines) is 1. The molecule has 1 aromatic heterocycles. The van der Waals surface area contributed by atoms with Crippen molar-refractivity contribution in [2.75, 3.05) is 27.3 Å². The lowest BCUT2D eigenvalue weighted by Crippen LogP contribution is -2.27. The maximum absolute atomic E-state index is 5.60. The molecule has 5 heteroatoms. The Bertz CT molecular complexity index is 374. The van der Waals surface area contributed by atoms with Gasteiger partial charge in [0.25, 0.3) is 0 Å². The van der Waals surface area contributed by atoms with E-state index in [1.807, 2.05) is 18.2 Å². The molecular formula is C13H21N3O2. The third kappa shape index (κ3) is 3.05. The maximum atomic E-state index is 5.60. The van der Waals surface area contributed by atoms with E-state index >= 15 is 0 Å². The van der Waals surface area contributed by atoms with E-state index in [2.05, 4.69) is 9.88 Å². The van der Waals surface area contributed by atoms with E-state index in [0.29, 0.717) is 6.54 Å². The van der Waals surface area contributed by atoms with Gasteiger partial charge in [-0.1, -0.05) is 6.07 Å². The van der Waals surface area contributed by atoms with Gasteiger partial charge in [-0.15, -0.1) is 0 Å². The summed E-state index contributed by atoms with van der Waals surface area (Å²) >= 11 is 0. The van der Waals surface area contributed by atoms with Crippen LogP contribution in [0.5, 0.6) is 0 Å². The second-order valence-corrected chi connectivity index (χ2v) is 4.57. The van der Waals surface area contributed by atoms with Crippen molar-refractivity contribution in [3.63, 3.8) is 0 Å². The minimum Gasteiger partial charge on any atom is -0.377 e. The minimum atomic E-state index is 0.146. The van der Waals surface area contributed by atoms with E-state index in [4.69, 9.17) is 15.2 Å². The summed E-state index contributed by atoms with van der Waals surface area (Å²) in [6.45, 7) is 3.05. The molecule has 2 N–H and O–H groups in total. The first-order chi connectivity index (χ1) is 8.76. The molecule has 2 heterocycles. The zero-order valence-corrected chi connectivity index (χ0v) is 11.0. The summed E-state index contributed by atoms with van der Waals surface area (Å²) in [5.74, 6) is 0. The molecule has 1 aromatic rings. The number of aromatic nitrogens is 1. The van der Waals surface area contributed by atoms with Crippen molar-refractivity contribution in [3.05, 3.63) is 29.6 Å². The SMILES string of the molecule is COC1CN(Cc2cccc(CN)n2)CC1OC. The number of ether oxygens (including phenoxy) is 2. The number of rotatable bonds is 5. The third-order valence-corrected chi connectivity index (χ3v) is 3.36. The molecule has 18 heavy (non-hydrogen) atoms. The van der Waals surface area contributed by atoms with Crippen LogP contribution in [0.15, 0.2) is 18.2 Å². The van der Waals surface area contributed by atoms with Crippen LogP contribution in [-0.2, 0) is 22.6 Å². The molecule has 100 valence electrons. The highest BCUT2D eigenvalue weighted by atomic mass is 16.5. The first kappa shape index (κ1) is 13.4. The van der Waals surface area contributed by atoms with Crippen molar-refractivity contribution in [2.45, 2.75) is 25.3 Å². The number of nitrogens with zero attached hydrogens (tertiary/aromatic N) is 2. The average Bonchev–Trinajstić information content (AvgIpc) is 2.81. The first-order valence-corrected chi connectivity index (χ1v) is 6.19. The van der Waals surface area contributed by atoms with Gasteiger partial charge >= 0.3 is 0 Å². The lowest BCUT2D eigenvalue weighted by molar-refractivity contribution is -0.00461. The Labute approximate surface area is 108 Å². The zero-order chi connectivity index (χ0) is 13.0. The van der Waals surface area contributed by atoms with Gasteiger partial charge in [-0.05, 0) is 12.1 Å². The van der Waals surface area contributed by atoms with Crippen molar-refractivity contribution >= 4 is 0 Å². The molecule has 1 aliphatic heterocycles. The van der Waals surface area contributed by atoms with E-state index in [-0.39, 0.29) is 12.2 Å². The van der Waals surface area contributed by atoms with Crippen LogP contribution in [0.2, 0.25) is 0 Å². The molecule has 0 saturated carbocycles. The van der Waals surface area contributed by atoms with E-state index in [0.717, 1.165) is 31.0 Å². The fourth-order valence-electron chi connectivity index (χ4n) is 2.36. The Kier molecular flexibility index (Phi) is 4.66. The minimum absolute atomic E-state index is 0.146. The highest BCUT2D eigenvalue weighted by Crippen LogP contribution is 2.17. The van der Waals surface area contributed by atoms with Crippen molar-refractivity contribution in [3.8, 4) is 0 Å². The highest BCUT2D eigenvalue weighted by Gasteiger charge is 2.32. The molecule has 2 rings (SSSR count). The van der Waals surface area contributed by atoms with Gasteiger partial charge in [0, 0.05) is 40.4 Å². The van der Waals surface area contributed by atoms with Crippen LogP contribution in [-0.4, -0.2) is 49.4 Å². The molecule has 2 atom stereocenters. The largest absolute Gasteiger partial charge is 0.377 e. The molecule has 0 aliphatic carbocycles. The third-order valence-electron chi connectivity index (χ3n) is 3.36. The van der Waals surface area contributed by atoms with Crippen LogP contribution < -0.4 is 5.73 Å². The number of nitrogens with two attached hydrogens (primary N) is 1. The summed E-state index contributed by atoms with van der Waals surface area (Å²) < 4.78 is 10.8. The molecule has 1 saturated heterocycles. The average molecular weight is 251 g/mol. The predicted molar refractivity (Wildman–Crippen MR) is 69.0 cm³/mol. The van der Waals surface area contributed by atoms with Gasteiger partial charge < -0.3 is 15.2 Å². The van der Waals surface area contributed by atoms with Gasteiger partial charge in [-0.2, -0.15) is 0 Å². The van der Waals surface area contributed by atoms with Gasteiger partial charge in [-0.3, -0.25) is 9.88 Å². The van der Waals surface area contributed by atoms with Crippen LogP contribution in [0, 0.1) is 0 Å². The molecular weight excluding hydrogens is 230 g/mol. The van der Waals surface area contributed by atoms with Gasteiger partial charge in [0.15, 0.2) is 0 Å². The van der Waals surface area contributed by atoms with Crippen molar-refractivity contribution in [1.29, 1.82) is 0 Å². The Hall–Kier alpha value is -1.01. The number of hydrogen-bond donors (Lipinski definition) is 1. The van der Waals surface area contributed by atoms with Gasteiger partial charge in [0.2, 0.25) is 0 Å². The van der Waals surface area contributed by atoms with E-state index < -0.39 is 0 Å². The van der Waals surface area contributed by atoms with Gasteiger partial charge in [0.1, 0.15) is 0 Å². The molecule has 2 unspecified atom stereocenters. The van der Waals surface area contributed by atoms with E-state index in [1.165, 1.54) is 0 Å². The van der Waals surface area contributed by atoms with Crippen LogP contribution in [0.4, 0.5) is 0 Å². The van der Waals surface area contributed by atoms with Crippen LogP contribution in [0.1, 0.15) is 11.4 Å². The molecule has 5 nitrogen and oxygen atoms in total. The number of hydrogen-bond acceptors (Lipinski definition) is 5. The molecule has 0 aromatic carbocycles. The Balaban J connectivity index is 1.97. The standard InChI is InChI=1S/C13H21N3O2/c1-17-12-8-16(9-13(12)18-2)7-11-5-3-4-10(6-14)15-11/h3-5,12-13H,6-9,14H2,1-2H3. The normalized spacial score (nSPS) is 24.6. The molecule has 1 aliphatic rings. The summed E-state index contributed by atoms with van der Waals surface area (Å²) in [4.78, 5) is 6.80. The molecule has 0 spiro atoms. The lowest BCUT2D eigenvalue weighted by atomic mass is 10.3. The van der Waals surface area contributed by atoms with Crippen LogP contribution >= 0.6 is 0 Å².